The molecular formula is C19H21ClN2O. The number of fused-ring (bicyclic) bond motifs is 1. The summed E-state index contributed by atoms with van der Waals surface area (Å²) in [7, 11) is 0. The number of amides is 1. The normalized spacial score (nSPS) is 15.5. The number of para-hydroxylation sites is 1. The fourth-order valence-electron chi connectivity index (χ4n) is 3.33. The number of hydrogen-bond acceptors (Lipinski definition) is 2. The van der Waals surface area contributed by atoms with E-state index in [0.29, 0.717) is 19.4 Å². The van der Waals surface area contributed by atoms with Gasteiger partial charge in [-0.1, -0.05) is 49.7 Å². The lowest BCUT2D eigenvalue weighted by molar-refractivity contribution is -0.118. The van der Waals surface area contributed by atoms with Crippen molar-refractivity contribution in [1.29, 1.82) is 0 Å². The van der Waals surface area contributed by atoms with E-state index in [9.17, 15) is 4.79 Å². The van der Waals surface area contributed by atoms with E-state index in [1.807, 2.05) is 47.4 Å². The maximum atomic E-state index is 12.7. The van der Waals surface area contributed by atoms with E-state index in [-0.39, 0.29) is 11.3 Å². The number of halogens is 1. The van der Waals surface area contributed by atoms with E-state index in [1.165, 1.54) is 0 Å². The van der Waals surface area contributed by atoms with Crippen LogP contribution in [0.2, 0.25) is 5.02 Å². The number of benzene rings is 2. The van der Waals surface area contributed by atoms with E-state index in [2.05, 4.69) is 13.8 Å². The molecule has 0 unspecified atom stereocenters. The SMILES string of the molecule is CC1(C)CN(C(=O)CCc2ccccc2N)c2cccc(Cl)c21. The molecule has 0 aliphatic carbocycles. The van der Waals surface area contributed by atoms with Crippen LogP contribution in [0, 0.1) is 0 Å². The summed E-state index contributed by atoms with van der Waals surface area (Å²) in [5, 5.41) is 0.732. The molecule has 23 heavy (non-hydrogen) atoms. The molecule has 0 fully saturated rings. The highest BCUT2D eigenvalue weighted by Crippen LogP contribution is 2.44. The third kappa shape index (κ3) is 2.93. The van der Waals surface area contributed by atoms with Gasteiger partial charge < -0.3 is 10.6 Å². The van der Waals surface area contributed by atoms with Crippen LogP contribution in [0.15, 0.2) is 42.5 Å². The highest BCUT2D eigenvalue weighted by molar-refractivity contribution is 6.32. The topological polar surface area (TPSA) is 46.3 Å². The summed E-state index contributed by atoms with van der Waals surface area (Å²) in [5.74, 6) is 0.113. The van der Waals surface area contributed by atoms with Gasteiger partial charge in [0.2, 0.25) is 5.91 Å². The van der Waals surface area contributed by atoms with Gasteiger partial charge in [0.25, 0.3) is 0 Å². The molecule has 0 radical (unpaired) electrons. The Labute approximate surface area is 142 Å². The first-order valence-corrected chi connectivity index (χ1v) is 8.21. The first-order chi connectivity index (χ1) is 10.9. The Hall–Kier alpha value is -2.00. The average molecular weight is 329 g/mol. The lowest BCUT2D eigenvalue weighted by atomic mass is 9.87. The second-order valence-corrected chi connectivity index (χ2v) is 7.10. The highest BCUT2D eigenvalue weighted by Gasteiger charge is 2.39. The Balaban J connectivity index is 1.80. The second kappa shape index (κ2) is 5.89. The van der Waals surface area contributed by atoms with Crippen molar-refractivity contribution in [2.75, 3.05) is 17.2 Å². The molecule has 1 aliphatic rings. The van der Waals surface area contributed by atoms with Gasteiger partial charge in [0.1, 0.15) is 0 Å². The minimum Gasteiger partial charge on any atom is -0.399 e. The summed E-state index contributed by atoms with van der Waals surface area (Å²) in [6.45, 7) is 4.91. The number of carbonyl (C=O) groups excluding carboxylic acids is 1. The van der Waals surface area contributed by atoms with Gasteiger partial charge in [-0.3, -0.25) is 4.79 Å². The molecule has 3 nitrogen and oxygen atoms in total. The molecule has 1 aliphatic heterocycles. The quantitative estimate of drug-likeness (QED) is 0.859. The second-order valence-electron chi connectivity index (χ2n) is 6.70. The molecule has 120 valence electrons. The van der Waals surface area contributed by atoms with Crippen LogP contribution in [-0.4, -0.2) is 12.5 Å². The molecule has 1 heterocycles. The van der Waals surface area contributed by atoms with Crippen LogP contribution in [0.3, 0.4) is 0 Å². The summed E-state index contributed by atoms with van der Waals surface area (Å²) < 4.78 is 0. The third-order valence-corrected chi connectivity index (χ3v) is 4.79. The number of nitrogen functional groups attached to an aromatic ring is 1. The maximum Gasteiger partial charge on any atom is 0.227 e. The summed E-state index contributed by atoms with van der Waals surface area (Å²) >= 11 is 6.36. The molecule has 1 amide bonds. The van der Waals surface area contributed by atoms with Crippen molar-refractivity contribution < 1.29 is 4.79 Å². The van der Waals surface area contributed by atoms with Crippen molar-refractivity contribution in [3.8, 4) is 0 Å². The van der Waals surface area contributed by atoms with E-state index < -0.39 is 0 Å². The third-order valence-electron chi connectivity index (χ3n) is 4.48. The predicted molar refractivity (Wildman–Crippen MR) is 96.0 cm³/mol. The lowest BCUT2D eigenvalue weighted by Crippen LogP contribution is -2.34. The standard InChI is InChI=1S/C19H21ClN2O/c1-19(2)12-22(16-9-5-7-14(20)18(16)19)17(23)11-10-13-6-3-4-8-15(13)21/h3-9H,10-12,21H2,1-2H3. The molecule has 0 aromatic heterocycles. The first kappa shape index (κ1) is 15.9. The highest BCUT2D eigenvalue weighted by atomic mass is 35.5. The molecule has 0 atom stereocenters. The van der Waals surface area contributed by atoms with Crippen molar-refractivity contribution in [2.45, 2.75) is 32.1 Å². The van der Waals surface area contributed by atoms with Crippen molar-refractivity contribution in [3.05, 3.63) is 58.6 Å². The molecule has 0 spiro atoms. The molecule has 0 saturated heterocycles. The van der Waals surface area contributed by atoms with Crippen LogP contribution >= 0.6 is 11.6 Å². The molecule has 3 rings (SSSR count). The zero-order chi connectivity index (χ0) is 16.6. The smallest absolute Gasteiger partial charge is 0.227 e. The molecule has 2 aromatic rings. The summed E-state index contributed by atoms with van der Waals surface area (Å²) in [5.41, 5.74) is 9.59. The lowest BCUT2D eigenvalue weighted by Gasteiger charge is -2.21. The zero-order valence-electron chi connectivity index (χ0n) is 13.5. The maximum absolute atomic E-state index is 12.7. The van der Waals surface area contributed by atoms with Gasteiger partial charge >= 0.3 is 0 Å². The van der Waals surface area contributed by atoms with Gasteiger partial charge in [-0.15, -0.1) is 0 Å². The molecule has 0 bridgehead atoms. The van der Waals surface area contributed by atoms with Crippen molar-refractivity contribution >= 4 is 28.9 Å². The van der Waals surface area contributed by atoms with Crippen LogP contribution < -0.4 is 10.6 Å². The zero-order valence-corrected chi connectivity index (χ0v) is 14.2. The Bertz CT molecular complexity index is 755. The Morgan fingerprint density at radius 2 is 1.96 bits per heavy atom. The number of anilines is 2. The minimum absolute atomic E-state index is 0.113. The monoisotopic (exact) mass is 328 g/mol. The summed E-state index contributed by atoms with van der Waals surface area (Å²) in [6.07, 6.45) is 1.09. The van der Waals surface area contributed by atoms with Crippen molar-refractivity contribution in [3.63, 3.8) is 0 Å². The first-order valence-electron chi connectivity index (χ1n) is 7.83. The Morgan fingerprint density at radius 1 is 1.22 bits per heavy atom. The van der Waals surface area contributed by atoms with E-state index in [4.69, 9.17) is 17.3 Å². The Morgan fingerprint density at radius 3 is 2.70 bits per heavy atom. The van der Waals surface area contributed by atoms with Gasteiger partial charge in [-0.25, -0.2) is 0 Å². The van der Waals surface area contributed by atoms with Crippen LogP contribution in [0.5, 0.6) is 0 Å². The Kier molecular flexibility index (Phi) is 4.07. The van der Waals surface area contributed by atoms with E-state index >= 15 is 0 Å². The molecule has 2 N–H and O–H groups in total. The van der Waals surface area contributed by atoms with Gasteiger partial charge in [0, 0.05) is 40.3 Å². The molecule has 0 saturated carbocycles. The summed E-state index contributed by atoms with van der Waals surface area (Å²) in [6, 6.07) is 13.5. The number of carbonyl (C=O) groups is 1. The number of nitrogens with zero attached hydrogens (tertiary/aromatic N) is 1. The minimum atomic E-state index is -0.130. The number of rotatable bonds is 3. The van der Waals surface area contributed by atoms with Gasteiger partial charge in [0.05, 0.1) is 0 Å². The van der Waals surface area contributed by atoms with Gasteiger partial charge in [-0.05, 0) is 30.2 Å². The average Bonchev–Trinajstić information content (AvgIpc) is 2.79. The van der Waals surface area contributed by atoms with Gasteiger partial charge in [-0.2, -0.15) is 0 Å². The van der Waals surface area contributed by atoms with Gasteiger partial charge in [0.15, 0.2) is 0 Å². The van der Waals surface area contributed by atoms with Crippen LogP contribution in [0.25, 0.3) is 0 Å². The van der Waals surface area contributed by atoms with Crippen LogP contribution in [0.1, 0.15) is 31.4 Å². The number of hydrogen-bond donors (Lipinski definition) is 1. The largest absolute Gasteiger partial charge is 0.399 e. The van der Waals surface area contributed by atoms with Crippen LogP contribution in [-0.2, 0) is 16.6 Å². The molecule has 4 heteroatoms. The summed E-state index contributed by atoms with van der Waals surface area (Å²) in [4.78, 5) is 14.6. The molecule has 2 aromatic carbocycles. The van der Waals surface area contributed by atoms with Crippen LogP contribution in [0.4, 0.5) is 11.4 Å². The molecular weight excluding hydrogens is 308 g/mol. The van der Waals surface area contributed by atoms with Crippen molar-refractivity contribution in [1.82, 2.24) is 0 Å². The van der Waals surface area contributed by atoms with E-state index in [1.54, 1.807) is 0 Å². The fraction of sp³-hybridized carbons (Fsp3) is 0.316. The van der Waals surface area contributed by atoms with E-state index in [0.717, 1.165) is 27.5 Å². The predicted octanol–water partition coefficient (Wildman–Crippen LogP) is 4.18. The van der Waals surface area contributed by atoms with Crippen molar-refractivity contribution in [2.24, 2.45) is 0 Å². The number of nitrogens with two attached hydrogens (primary N) is 1. The fourth-order valence-corrected chi connectivity index (χ4v) is 3.75. The number of aryl methyl sites for hydroxylation is 1.